The molecule has 0 atom stereocenters. The molecule has 0 saturated heterocycles. The Hall–Kier alpha value is -2.92. The number of nitrogens with one attached hydrogen (secondary N) is 2. The maximum Gasteiger partial charge on any atom is 0.258 e. The second kappa shape index (κ2) is 5.37. The predicted molar refractivity (Wildman–Crippen MR) is 90.4 cm³/mol. The Morgan fingerprint density at radius 1 is 1.04 bits per heavy atom. The molecule has 0 unspecified atom stereocenters. The molecule has 3 heterocycles. The second-order valence-corrected chi connectivity index (χ2v) is 5.52. The van der Waals surface area contributed by atoms with Crippen LogP contribution in [-0.4, -0.2) is 19.9 Å². The third kappa shape index (κ3) is 2.31. The van der Waals surface area contributed by atoms with Crippen LogP contribution in [0.1, 0.15) is 0 Å². The SMILES string of the molecule is O=c1[nH]c2ccc(Cl)cc2c(-c2ccncc2)c1-c1c[nH]cn1. The van der Waals surface area contributed by atoms with Crippen molar-refractivity contribution in [2.45, 2.75) is 0 Å². The molecule has 0 aliphatic rings. The van der Waals surface area contributed by atoms with E-state index in [1.807, 2.05) is 18.2 Å². The Bertz CT molecular complexity index is 1040. The molecule has 0 spiro atoms. The molecule has 5 nitrogen and oxygen atoms in total. The van der Waals surface area contributed by atoms with Crippen LogP contribution in [0.5, 0.6) is 0 Å². The Balaban J connectivity index is 2.20. The van der Waals surface area contributed by atoms with Crippen LogP contribution >= 0.6 is 11.6 Å². The summed E-state index contributed by atoms with van der Waals surface area (Å²) in [6.07, 6.45) is 6.64. The van der Waals surface area contributed by atoms with Crippen LogP contribution in [0.25, 0.3) is 33.3 Å². The summed E-state index contributed by atoms with van der Waals surface area (Å²) in [5, 5.41) is 1.47. The van der Waals surface area contributed by atoms with Gasteiger partial charge in [0.25, 0.3) is 5.56 Å². The van der Waals surface area contributed by atoms with Crippen LogP contribution in [0.4, 0.5) is 0 Å². The number of rotatable bonds is 2. The molecule has 3 aromatic heterocycles. The average Bonchev–Trinajstić information content (AvgIpc) is 3.09. The Morgan fingerprint density at radius 2 is 1.87 bits per heavy atom. The topological polar surface area (TPSA) is 74.4 Å². The number of halogens is 1. The van der Waals surface area contributed by atoms with Crippen molar-refractivity contribution in [2.75, 3.05) is 0 Å². The van der Waals surface area contributed by atoms with E-state index < -0.39 is 0 Å². The fraction of sp³-hybridized carbons (Fsp3) is 0. The Labute approximate surface area is 136 Å². The van der Waals surface area contributed by atoms with Crippen molar-refractivity contribution in [2.24, 2.45) is 0 Å². The zero-order valence-electron chi connectivity index (χ0n) is 11.9. The maximum absolute atomic E-state index is 12.7. The minimum atomic E-state index is -0.196. The van der Waals surface area contributed by atoms with Gasteiger partial charge >= 0.3 is 0 Å². The van der Waals surface area contributed by atoms with Crippen molar-refractivity contribution in [1.29, 1.82) is 0 Å². The number of imidazole rings is 1. The molecular formula is C17H11ClN4O. The predicted octanol–water partition coefficient (Wildman–Crippen LogP) is 3.63. The smallest absolute Gasteiger partial charge is 0.258 e. The molecule has 23 heavy (non-hydrogen) atoms. The molecule has 2 N–H and O–H groups in total. The summed E-state index contributed by atoms with van der Waals surface area (Å²) in [6, 6.07) is 9.14. The van der Waals surface area contributed by atoms with Gasteiger partial charge in [-0.3, -0.25) is 9.78 Å². The van der Waals surface area contributed by atoms with Gasteiger partial charge in [-0.15, -0.1) is 0 Å². The molecular weight excluding hydrogens is 312 g/mol. The third-order valence-corrected chi connectivity index (χ3v) is 3.93. The molecule has 0 radical (unpaired) electrons. The molecule has 6 heteroatoms. The normalized spacial score (nSPS) is 11.0. The van der Waals surface area contributed by atoms with Crippen LogP contribution in [0, 0.1) is 0 Å². The van der Waals surface area contributed by atoms with Gasteiger partial charge in [0, 0.05) is 40.1 Å². The molecule has 0 aliphatic heterocycles. The van der Waals surface area contributed by atoms with Gasteiger partial charge in [-0.25, -0.2) is 4.98 Å². The number of H-pyrrole nitrogens is 2. The van der Waals surface area contributed by atoms with Crippen LogP contribution in [0.3, 0.4) is 0 Å². The molecule has 0 aliphatic carbocycles. The minimum absolute atomic E-state index is 0.196. The lowest BCUT2D eigenvalue weighted by atomic mass is 9.95. The van der Waals surface area contributed by atoms with Gasteiger partial charge in [-0.2, -0.15) is 0 Å². The lowest BCUT2D eigenvalue weighted by Gasteiger charge is -2.11. The summed E-state index contributed by atoms with van der Waals surface area (Å²) >= 11 is 6.17. The van der Waals surface area contributed by atoms with Crippen molar-refractivity contribution in [3.63, 3.8) is 0 Å². The van der Waals surface area contributed by atoms with E-state index in [9.17, 15) is 4.79 Å². The van der Waals surface area contributed by atoms with Gasteiger partial charge in [0.2, 0.25) is 0 Å². The first-order valence-corrected chi connectivity index (χ1v) is 7.37. The third-order valence-electron chi connectivity index (χ3n) is 3.70. The van der Waals surface area contributed by atoms with Gasteiger partial charge in [0.05, 0.1) is 17.6 Å². The highest BCUT2D eigenvalue weighted by molar-refractivity contribution is 6.31. The van der Waals surface area contributed by atoms with Crippen molar-refractivity contribution in [3.8, 4) is 22.4 Å². The van der Waals surface area contributed by atoms with E-state index in [1.54, 1.807) is 37.1 Å². The first-order chi connectivity index (χ1) is 11.2. The lowest BCUT2D eigenvalue weighted by Crippen LogP contribution is -2.11. The number of pyridine rings is 2. The van der Waals surface area contributed by atoms with E-state index >= 15 is 0 Å². The summed E-state index contributed by atoms with van der Waals surface area (Å²) < 4.78 is 0. The van der Waals surface area contributed by atoms with E-state index in [0.717, 1.165) is 22.0 Å². The molecule has 1 aromatic carbocycles. The summed E-state index contributed by atoms with van der Waals surface area (Å²) in [4.78, 5) is 26.7. The number of nitrogens with zero attached hydrogens (tertiary/aromatic N) is 2. The van der Waals surface area contributed by atoms with E-state index in [4.69, 9.17) is 11.6 Å². The van der Waals surface area contributed by atoms with E-state index in [1.165, 1.54) is 0 Å². The zero-order chi connectivity index (χ0) is 15.8. The fourth-order valence-electron chi connectivity index (χ4n) is 2.73. The number of aromatic nitrogens is 4. The first-order valence-electron chi connectivity index (χ1n) is 6.99. The molecule has 0 saturated carbocycles. The lowest BCUT2D eigenvalue weighted by molar-refractivity contribution is 1.27. The minimum Gasteiger partial charge on any atom is -0.351 e. The first kappa shape index (κ1) is 13.7. The van der Waals surface area contributed by atoms with Crippen LogP contribution in [0.15, 0.2) is 60.0 Å². The van der Waals surface area contributed by atoms with Crippen LogP contribution < -0.4 is 5.56 Å². The van der Waals surface area contributed by atoms with Crippen LogP contribution in [-0.2, 0) is 0 Å². The zero-order valence-corrected chi connectivity index (χ0v) is 12.6. The molecule has 112 valence electrons. The number of hydrogen-bond donors (Lipinski definition) is 2. The molecule has 4 aromatic rings. The number of aromatic amines is 2. The van der Waals surface area contributed by atoms with Crippen molar-refractivity contribution in [3.05, 3.63) is 70.6 Å². The standard InChI is InChI=1S/C17H11ClN4O/c18-11-1-2-13-12(7-11)15(10-3-5-19-6-4-10)16(17(23)22-13)14-8-20-9-21-14/h1-9H,(H,20,21)(H,22,23). The quantitative estimate of drug-likeness (QED) is 0.591. The largest absolute Gasteiger partial charge is 0.351 e. The van der Waals surface area contributed by atoms with E-state index in [2.05, 4.69) is 19.9 Å². The highest BCUT2D eigenvalue weighted by Crippen LogP contribution is 2.34. The van der Waals surface area contributed by atoms with E-state index in [0.29, 0.717) is 16.3 Å². The highest BCUT2D eigenvalue weighted by atomic mass is 35.5. The molecule has 0 fully saturated rings. The molecule has 0 amide bonds. The highest BCUT2D eigenvalue weighted by Gasteiger charge is 2.17. The summed E-state index contributed by atoms with van der Waals surface area (Å²) in [6.45, 7) is 0. The monoisotopic (exact) mass is 322 g/mol. The van der Waals surface area contributed by atoms with Crippen LogP contribution in [0.2, 0.25) is 5.02 Å². The van der Waals surface area contributed by atoms with Crippen molar-refractivity contribution in [1.82, 2.24) is 19.9 Å². The van der Waals surface area contributed by atoms with Gasteiger partial charge in [-0.05, 0) is 35.9 Å². The van der Waals surface area contributed by atoms with Gasteiger partial charge in [0.15, 0.2) is 0 Å². The summed E-state index contributed by atoms with van der Waals surface area (Å²) in [5.74, 6) is 0. The average molecular weight is 323 g/mol. The van der Waals surface area contributed by atoms with E-state index in [-0.39, 0.29) is 5.56 Å². The molecule has 4 rings (SSSR count). The van der Waals surface area contributed by atoms with Gasteiger partial charge in [0.1, 0.15) is 0 Å². The summed E-state index contributed by atoms with van der Waals surface area (Å²) in [7, 11) is 0. The number of benzene rings is 1. The maximum atomic E-state index is 12.7. The fourth-order valence-corrected chi connectivity index (χ4v) is 2.90. The molecule has 0 bridgehead atoms. The Morgan fingerprint density at radius 3 is 2.61 bits per heavy atom. The van der Waals surface area contributed by atoms with Crippen molar-refractivity contribution >= 4 is 22.5 Å². The van der Waals surface area contributed by atoms with Gasteiger partial charge in [-0.1, -0.05) is 11.6 Å². The number of hydrogen-bond acceptors (Lipinski definition) is 3. The number of fused-ring (bicyclic) bond motifs is 1. The Kier molecular flexibility index (Phi) is 3.20. The summed E-state index contributed by atoms with van der Waals surface area (Å²) in [5.41, 5.74) is 3.30. The van der Waals surface area contributed by atoms with Crippen molar-refractivity contribution < 1.29 is 0 Å². The second-order valence-electron chi connectivity index (χ2n) is 5.08. The van der Waals surface area contributed by atoms with Gasteiger partial charge < -0.3 is 9.97 Å².